The van der Waals surface area contributed by atoms with Gasteiger partial charge in [-0.05, 0) is 37.6 Å². The van der Waals surface area contributed by atoms with Crippen molar-refractivity contribution in [1.82, 2.24) is 15.0 Å². The molecule has 0 aliphatic carbocycles. The van der Waals surface area contributed by atoms with Crippen LogP contribution in [0, 0.1) is 25.2 Å². The van der Waals surface area contributed by atoms with Gasteiger partial charge in [-0.2, -0.15) is 5.26 Å². The molecular formula is C17H16N6S. The van der Waals surface area contributed by atoms with Crippen LogP contribution < -0.4 is 11.3 Å². The summed E-state index contributed by atoms with van der Waals surface area (Å²) in [5, 5.41) is 10.1. The summed E-state index contributed by atoms with van der Waals surface area (Å²) in [5.74, 6) is 6.63. The molecule has 0 saturated heterocycles. The minimum Gasteiger partial charge on any atom is -0.307 e. The topological polar surface area (TPSA) is 101 Å². The van der Waals surface area contributed by atoms with Gasteiger partial charge in [-0.1, -0.05) is 23.9 Å². The average Bonchev–Trinajstić information content (AvgIpc) is 2.58. The standard InChI is InChI=1S/C17H16N6S/c1-10-7-11(2)20-17(12(10)8-18)24-9-15-16(23-19)22-14-6-4-3-5-13(14)21-15/h3-7H,9,19H2,1-2H3,(H,22,23). The predicted octanol–water partition coefficient (Wildman–Crippen LogP) is 3.09. The highest BCUT2D eigenvalue weighted by Crippen LogP contribution is 2.28. The molecule has 24 heavy (non-hydrogen) atoms. The second kappa shape index (κ2) is 6.83. The van der Waals surface area contributed by atoms with Crippen LogP contribution in [0.3, 0.4) is 0 Å². The van der Waals surface area contributed by atoms with Crippen LogP contribution in [0.2, 0.25) is 0 Å². The molecule has 0 bridgehead atoms. The fraction of sp³-hybridized carbons (Fsp3) is 0.176. The third-order valence-electron chi connectivity index (χ3n) is 3.55. The first-order chi connectivity index (χ1) is 11.6. The van der Waals surface area contributed by atoms with Crippen LogP contribution in [-0.2, 0) is 5.75 Å². The number of nitrogen functional groups attached to an aromatic ring is 1. The molecule has 0 unspecified atom stereocenters. The number of nitrogens with two attached hydrogens (primary N) is 1. The molecular weight excluding hydrogens is 320 g/mol. The van der Waals surface area contributed by atoms with Crippen molar-refractivity contribution in [3.05, 3.63) is 52.8 Å². The van der Waals surface area contributed by atoms with E-state index in [9.17, 15) is 5.26 Å². The number of hydrogen-bond acceptors (Lipinski definition) is 7. The number of fused-ring (bicyclic) bond motifs is 1. The lowest BCUT2D eigenvalue weighted by Gasteiger charge is -2.10. The fourth-order valence-electron chi connectivity index (χ4n) is 2.43. The number of nitrogens with zero attached hydrogens (tertiary/aromatic N) is 4. The van der Waals surface area contributed by atoms with Crippen molar-refractivity contribution < 1.29 is 0 Å². The van der Waals surface area contributed by atoms with E-state index in [0.29, 0.717) is 22.2 Å². The van der Waals surface area contributed by atoms with E-state index in [1.807, 2.05) is 44.2 Å². The Bertz CT molecular complexity index is 948. The van der Waals surface area contributed by atoms with Crippen molar-refractivity contribution in [2.45, 2.75) is 24.6 Å². The van der Waals surface area contributed by atoms with E-state index < -0.39 is 0 Å². The molecule has 0 saturated carbocycles. The largest absolute Gasteiger partial charge is 0.307 e. The molecule has 120 valence electrons. The molecule has 0 aliphatic rings. The highest BCUT2D eigenvalue weighted by molar-refractivity contribution is 7.98. The third-order valence-corrected chi connectivity index (χ3v) is 4.53. The van der Waals surface area contributed by atoms with Gasteiger partial charge in [0.25, 0.3) is 0 Å². The molecule has 0 spiro atoms. The van der Waals surface area contributed by atoms with Crippen LogP contribution in [0.15, 0.2) is 35.4 Å². The molecule has 6 nitrogen and oxygen atoms in total. The van der Waals surface area contributed by atoms with Gasteiger partial charge in [0.15, 0.2) is 5.82 Å². The normalized spacial score (nSPS) is 10.6. The van der Waals surface area contributed by atoms with Crippen LogP contribution in [-0.4, -0.2) is 15.0 Å². The number of anilines is 1. The number of thioether (sulfide) groups is 1. The molecule has 0 fully saturated rings. The Morgan fingerprint density at radius 1 is 1.17 bits per heavy atom. The zero-order valence-corrected chi connectivity index (χ0v) is 14.2. The molecule has 3 aromatic rings. The van der Waals surface area contributed by atoms with E-state index >= 15 is 0 Å². The van der Waals surface area contributed by atoms with Crippen LogP contribution in [0.1, 0.15) is 22.5 Å². The SMILES string of the molecule is Cc1cc(C)c(C#N)c(SCc2nc3ccccc3nc2NN)n1. The van der Waals surface area contributed by atoms with Gasteiger partial charge in [-0.25, -0.2) is 20.8 Å². The lowest BCUT2D eigenvalue weighted by atomic mass is 10.1. The minimum atomic E-state index is 0.516. The molecule has 3 rings (SSSR count). The maximum atomic E-state index is 9.37. The molecule has 7 heteroatoms. The summed E-state index contributed by atoms with van der Waals surface area (Å²) in [6.07, 6.45) is 0. The smallest absolute Gasteiger partial charge is 0.163 e. The van der Waals surface area contributed by atoms with Gasteiger partial charge in [0, 0.05) is 11.4 Å². The zero-order valence-electron chi connectivity index (χ0n) is 13.4. The first-order valence-corrected chi connectivity index (χ1v) is 8.34. The second-order valence-corrected chi connectivity index (χ2v) is 6.28. The molecule has 0 atom stereocenters. The van der Waals surface area contributed by atoms with Crippen molar-refractivity contribution in [1.29, 1.82) is 5.26 Å². The summed E-state index contributed by atoms with van der Waals surface area (Å²) in [4.78, 5) is 13.6. The van der Waals surface area contributed by atoms with E-state index in [0.717, 1.165) is 28.0 Å². The molecule has 0 aliphatic heterocycles. The van der Waals surface area contributed by atoms with E-state index in [1.54, 1.807) is 0 Å². The number of aromatic nitrogens is 3. The van der Waals surface area contributed by atoms with Crippen molar-refractivity contribution >= 4 is 28.6 Å². The maximum absolute atomic E-state index is 9.37. The number of nitrogens with one attached hydrogen (secondary N) is 1. The summed E-state index contributed by atoms with van der Waals surface area (Å²) >= 11 is 1.46. The summed E-state index contributed by atoms with van der Waals surface area (Å²) in [5.41, 5.74) is 7.33. The molecule has 2 heterocycles. The average molecular weight is 336 g/mol. The summed E-state index contributed by atoms with van der Waals surface area (Å²) in [7, 11) is 0. The number of para-hydroxylation sites is 2. The van der Waals surface area contributed by atoms with Crippen molar-refractivity contribution in [2.75, 3.05) is 5.43 Å². The second-order valence-electron chi connectivity index (χ2n) is 5.31. The van der Waals surface area contributed by atoms with Crippen LogP contribution >= 0.6 is 11.8 Å². The van der Waals surface area contributed by atoms with Gasteiger partial charge in [0.05, 0.1) is 22.3 Å². The monoisotopic (exact) mass is 336 g/mol. The van der Waals surface area contributed by atoms with Crippen molar-refractivity contribution in [3.63, 3.8) is 0 Å². The minimum absolute atomic E-state index is 0.516. The van der Waals surface area contributed by atoms with Crippen LogP contribution in [0.4, 0.5) is 5.82 Å². The van der Waals surface area contributed by atoms with Gasteiger partial charge in [0.1, 0.15) is 11.1 Å². The lowest BCUT2D eigenvalue weighted by Crippen LogP contribution is -2.12. The first-order valence-electron chi connectivity index (χ1n) is 7.35. The van der Waals surface area contributed by atoms with Gasteiger partial charge in [-0.15, -0.1) is 0 Å². The number of benzene rings is 1. The van der Waals surface area contributed by atoms with Gasteiger partial charge in [-0.3, -0.25) is 0 Å². The summed E-state index contributed by atoms with van der Waals surface area (Å²) in [6, 6.07) is 11.8. The Labute approximate surface area is 144 Å². The quantitative estimate of drug-likeness (QED) is 0.429. The zero-order chi connectivity index (χ0) is 17.1. The Morgan fingerprint density at radius 3 is 2.54 bits per heavy atom. The Balaban J connectivity index is 1.95. The molecule has 3 N–H and O–H groups in total. The van der Waals surface area contributed by atoms with Crippen LogP contribution in [0.5, 0.6) is 0 Å². The van der Waals surface area contributed by atoms with Crippen molar-refractivity contribution in [2.24, 2.45) is 5.84 Å². The molecule has 0 amide bonds. The highest BCUT2D eigenvalue weighted by atomic mass is 32.2. The molecule has 0 radical (unpaired) electrons. The molecule has 2 aromatic heterocycles. The van der Waals surface area contributed by atoms with Crippen molar-refractivity contribution in [3.8, 4) is 6.07 Å². The Hall–Kier alpha value is -2.69. The van der Waals surface area contributed by atoms with Crippen LogP contribution in [0.25, 0.3) is 11.0 Å². The van der Waals surface area contributed by atoms with E-state index in [2.05, 4.69) is 26.4 Å². The Kier molecular flexibility index (Phi) is 4.60. The van der Waals surface area contributed by atoms with Gasteiger partial charge >= 0.3 is 0 Å². The number of nitriles is 1. The van der Waals surface area contributed by atoms with E-state index in [1.165, 1.54) is 11.8 Å². The number of aryl methyl sites for hydroxylation is 2. The Morgan fingerprint density at radius 2 is 1.88 bits per heavy atom. The van der Waals surface area contributed by atoms with Gasteiger partial charge < -0.3 is 5.43 Å². The first kappa shape index (κ1) is 16.2. The fourth-order valence-corrected chi connectivity index (χ4v) is 3.47. The molecule has 1 aromatic carbocycles. The van der Waals surface area contributed by atoms with E-state index in [-0.39, 0.29) is 0 Å². The summed E-state index contributed by atoms with van der Waals surface area (Å²) < 4.78 is 0. The predicted molar refractivity (Wildman–Crippen MR) is 95.3 cm³/mol. The highest BCUT2D eigenvalue weighted by Gasteiger charge is 2.13. The number of hydrazine groups is 1. The number of rotatable bonds is 4. The summed E-state index contributed by atoms with van der Waals surface area (Å²) in [6.45, 7) is 3.83. The number of hydrogen-bond donors (Lipinski definition) is 2. The lowest BCUT2D eigenvalue weighted by molar-refractivity contribution is 1.02. The van der Waals surface area contributed by atoms with Gasteiger partial charge in [0.2, 0.25) is 0 Å². The maximum Gasteiger partial charge on any atom is 0.163 e. The number of pyridine rings is 1. The third kappa shape index (κ3) is 3.15. The van der Waals surface area contributed by atoms with E-state index in [4.69, 9.17) is 5.84 Å².